The molecule has 0 aliphatic heterocycles. The lowest BCUT2D eigenvalue weighted by atomic mass is 10.2. The zero-order chi connectivity index (χ0) is 18.2. The molecule has 5 nitrogen and oxygen atoms in total. The van der Waals surface area contributed by atoms with Crippen molar-refractivity contribution in [3.63, 3.8) is 0 Å². The molecule has 1 aromatic heterocycles. The Balaban J connectivity index is 1.90. The standard InChI is InChI=1S/C16H17ClN4OS3/c1-3-4-7-23-15-20-21-16(25-15)24-10(2)14(22)19-12-6-5-11(9-18)13(17)8-12/h5-6,8,10H,3-4,7H2,1-2H3,(H,19,22). The molecule has 1 atom stereocenters. The predicted molar refractivity (Wildman–Crippen MR) is 106 cm³/mol. The molecule has 1 unspecified atom stereocenters. The first kappa shape index (κ1) is 20.0. The summed E-state index contributed by atoms with van der Waals surface area (Å²) in [5.74, 6) is 0.881. The lowest BCUT2D eigenvalue weighted by molar-refractivity contribution is -0.115. The van der Waals surface area contributed by atoms with Crippen LogP contribution in [0.5, 0.6) is 0 Å². The highest BCUT2D eigenvalue weighted by molar-refractivity contribution is 8.03. The molecule has 1 amide bonds. The maximum absolute atomic E-state index is 12.3. The third kappa shape index (κ3) is 6.19. The molecule has 9 heteroatoms. The van der Waals surface area contributed by atoms with Crippen molar-refractivity contribution in [1.29, 1.82) is 5.26 Å². The van der Waals surface area contributed by atoms with E-state index in [4.69, 9.17) is 16.9 Å². The number of carbonyl (C=O) groups excluding carboxylic acids is 1. The molecule has 0 radical (unpaired) electrons. The number of anilines is 1. The van der Waals surface area contributed by atoms with Gasteiger partial charge in [0, 0.05) is 11.4 Å². The monoisotopic (exact) mass is 412 g/mol. The van der Waals surface area contributed by atoms with Crippen LogP contribution < -0.4 is 5.32 Å². The number of nitrogens with one attached hydrogen (secondary N) is 1. The van der Waals surface area contributed by atoms with Crippen LogP contribution in [0.15, 0.2) is 26.9 Å². The van der Waals surface area contributed by atoms with Crippen LogP contribution in [0.2, 0.25) is 5.02 Å². The van der Waals surface area contributed by atoms with Crippen LogP contribution in [0, 0.1) is 11.3 Å². The summed E-state index contributed by atoms with van der Waals surface area (Å²) in [5, 5.41) is 20.0. The molecule has 25 heavy (non-hydrogen) atoms. The summed E-state index contributed by atoms with van der Waals surface area (Å²) in [5.41, 5.74) is 0.943. The van der Waals surface area contributed by atoms with E-state index in [1.54, 1.807) is 30.0 Å². The normalized spacial score (nSPS) is 11.8. The van der Waals surface area contributed by atoms with Gasteiger partial charge in [-0.3, -0.25) is 4.79 Å². The number of nitriles is 1. The number of unbranched alkanes of at least 4 members (excludes halogenated alkanes) is 1. The maximum Gasteiger partial charge on any atom is 0.237 e. The Morgan fingerprint density at radius 1 is 1.44 bits per heavy atom. The predicted octanol–water partition coefficient (Wildman–Crippen LogP) is 5.07. The topological polar surface area (TPSA) is 78.7 Å². The molecular weight excluding hydrogens is 396 g/mol. The molecule has 0 fully saturated rings. The highest BCUT2D eigenvalue weighted by Gasteiger charge is 2.18. The van der Waals surface area contributed by atoms with Gasteiger partial charge in [-0.05, 0) is 31.5 Å². The molecule has 132 valence electrons. The zero-order valence-electron chi connectivity index (χ0n) is 13.8. The van der Waals surface area contributed by atoms with Gasteiger partial charge in [-0.15, -0.1) is 10.2 Å². The molecule has 2 rings (SSSR count). The minimum absolute atomic E-state index is 0.152. The number of thioether (sulfide) groups is 2. The van der Waals surface area contributed by atoms with Crippen LogP contribution in [0.4, 0.5) is 5.69 Å². The first-order chi connectivity index (χ1) is 12.0. The number of carbonyl (C=O) groups is 1. The number of hydrogen-bond acceptors (Lipinski definition) is 7. The maximum atomic E-state index is 12.3. The second-order valence-electron chi connectivity index (χ2n) is 5.09. The summed E-state index contributed by atoms with van der Waals surface area (Å²) in [4.78, 5) is 12.3. The van der Waals surface area contributed by atoms with Gasteiger partial charge in [0.05, 0.1) is 15.8 Å². The van der Waals surface area contributed by atoms with Gasteiger partial charge in [0.2, 0.25) is 5.91 Å². The van der Waals surface area contributed by atoms with E-state index in [1.807, 2.05) is 13.0 Å². The fourth-order valence-electron chi connectivity index (χ4n) is 1.74. The van der Waals surface area contributed by atoms with Crippen LogP contribution in [0.25, 0.3) is 0 Å². The minimum Gasteiger partial charge on any atom is -0.325 e. The summed E-state index contributed by atoms with van der Waals surface area (Å²) >= 11 is 10.6. The molecular formula is C16H17ClN4OS3. The highest BCUT2D eigenvalue weighted by atomic mass is 35.5. The van der Waals surface area contributed by atoms with E-state index in [-0.39, 0.29) is 11.2 Å². The first-order valence-electron chi connectivity index (χ1n) is 7.67. The molecule has 0 saturated heterocycles. The van der Waals surface area contributed by atoms with Gasteiger partial charge >= 0.3 is 0 Å². The van der Waals surface area contributed by atoms with E-state index in [9.17, 15) is 4.79 Å². The summed E-state index contributed by atoms with van der Waals surface area (Å²) in [6, 6.07) is 6.80. The Bertz CT molecular complexity index is 775. The van der Waals surface area contributed by atoms with E-state index < -0.39 is 0 Å². The van der Waals surface area contributed by atoms with Crippen molar-refractivity contribution in [1.82, 2.24) is 10.2 Å². The van der Waals surface area contributed by atoms with Crippen LogP contribution in [-0.4, -0.2) is 27.1 Å². The van der Waals surface area contributed by atoms with E-state index in [0.29, 0.717) is 16.3 Å². The second kappa shape index (κ2) is 10.0. The van der Waals surface area contributed by atoms with Crippen molar-refractivity contribution >= 4 is 58.1 Å². The Morgan fingerprint density at radius 3 is 2.88 bits per heavy atom. The van der Waals surface area contributed by atoms with Crippen molar-refractivity contribution in [2.75, 3.05) is 11.1 Å². The molecule has 0 aliphatic carbocycles. The Kier molecular flexibility index (Phi) is 8.03. The summed E-state index contributed by atoms with van der Waals surface area (Å²) in [6.45, 7) is 3.97. The van der Waals surface area contributed by atoms with Crippen LogP contribution in [0.1, 0.15) is 32.3 Å². The molecule has 0 spiro atoms. The fourth-order valence-corrected chi connectivity index (χ4v) is 5.28. The average Bonchev–Trinajstić information content (AvgIpc) is 3.02. The van der Waals surface area contributed by atoms with Gasteiger partial charge in [0.25, 0.3) is 0 Å². The molecule has 0 saturated carbocycles. The van der Waals surface area contributed by atoms with Crippen molar-refractivity contribution in [2.45, 2.75) is 40.6 Å². The Labute approximate surface area is 164 Å². The van der Waals surface area contributed by atoms with Gasteiger partial charge < -0.3 is 5.32 Å². The first-order valence-corrected chi connectivity index (χ1v) is 10.7. The lowest BCUT2D eigenvalue weighted by Crippen LogP contribution is -2.22. The quantitative estimate of drug-likeness (QED) is 0.481. The number of aromatic nitrogens is 2. The number of halogens is 1. The Hall–Kier alpha value is -1.27. The molecule has 1 heterocycles. The van der Waals surface area contributed by atoms with Gasteiger partial charge in [0.1, 0.15) is 6.07 Å². The number of rotatable bonds is 8. The highest BCUT2D eigenvalue weighted by Crippen LogP contribution is 2.32. The zero-order valence-corrected chi connectivity index (χ0v) is 17.0. The van der Waals surface area contributed by atoms with Gasteiger partial charge in [-0.25, -0.2) is 0 Å². The van der Waals surface area contributed by atoms with Crippen molar-refractivity contribution in [3.05, 3.63) is 28.8 Å². The summed E-state index contributed by atoms with van der Waals surface area (Å²) in [7, 11) is 0. The SMILES string of the molecule is CCCCSc1nnc(SC(C)C(=O)Nc2ccc(C#N)c(Cl)c2)s1. The third-order valence-corrected chi connectivity index (χ3v) is 6.76. The molecule has 1 aromatic carbocycles. The fraction of sp³-hybridized carbons (Fsp3) is 0.375. The molecule has 1 N–H and O–H groups in total. The molecule has 0 aliphatic rings. The van der Waals surface area contributed by atoms with Crippen LogP contribution in [0.3, 0.4) is 0 Å². The summed E-state index contributed by atoms with van der Waals surface area (Å²) < 4.78 is 1.71. The lowest BCUT2D eigenvalue weighted by Gasteiger charge is -2.10. The van der Waals surface area contributed by atoms with Crippen molar-refractivity contribution in [3.8, 4) is 6.07 Å². The second-order valence-corrected chi connectivity index (χ2v) is 9.41. The summed E-state index contributed by atoms with van der Waals surface area (Å²) in [6.07, 6.45) is 2.31. The van der Waals surface area contributed by atoms with E-state index in [0.717, 1.165) is 27.3 Å². The van der Waals surface area contributed by atoms with Crippen molar-refractivity contribution < 1.29 is 4.79 Å². The largest absolute Gasteiger partial charge is 0.325 e. The van der Waals surface area contributed by atoms with E-state index in [2.05, 4.69) is 22.4 Å². The Morgan fingerprint density at radius 2 is 2.20 bits per heavy atom. The number of hydrogen-bond donors (Lipinski definition) is 1. The van der Waals surface area contributed by atoms with Gasteiger partial charge in [0.15, 0.2) is 8.68 Å². The van der Waals surface area contributed by atoms with E-state index >= 15 is 0 Å². The van der Waals surface area contributed by atoms with Crippen molar-refractivity contribution in [2.24, 2.45) is 0 Å². The van der Waals surface area contributed by atoms with E-state index in [1.165, 1.54) is 23.1 Å². The minimum atomic E-state index is -0.323. The molecule has 0 bridgehead atoms. The number of nitrogens with zero attached hydrogens (tertiary/aromatic N) is 3. The number of amides is 1. The van der Waals surface area contributed by atoms with Gasteiger partial charge in [-0.1, -0.05) is 59.8 Å². The average molecular weight is 413 g/mol. The number of benzene rings is 1. The third-order valence-electron chi connectivity index (χ3n) is 3.12. The van der Waals surface area contributed by atoms with Crippen LogP contribution in [-0.2, 0) is 4.79 Å². The molecule has 2 aromatic rings. The smallest absolute Gasteiger partial charge is 0.237 e. The van der Waals surface area contributed by atoms with Crippen LogP contribution >= 0.6 is 46.5 Å². The van der Waals surface area contributed by atoms with Gasteiger partial charge in [-0.2, -0.15) is 5.26 Å².